The lowest BCUT2D eigenvalue weighted by molar-refractivity contribution is 0.0610. The van der Waals surface area contributed by atoms with Gasteiger partial charge in [0, 0.05) is 65.0 Å². The number of hydrogen-bond donors (Lipinski definition) is 1. The van der Waals surface area contributed by atoms with Crippen molar-refractivity contribution in [3.63, 3.8) is 0 Å². The van der Waals surface area contributed by atoms with E-state index in [0.717, 1.165) is 57.0 Å². The van der Waals surface area contributed by atoms with Gasteiger partial charge in [-0.3, -0.25) is 14.5 Å². The molecule has 1 N–H and O–H groups in total. The molecule has 0 spiro atoms. The Morgan fingerprint density at radius 2 is 1.68 bits per heavy atom. The molecule has 11 heteroatoms. The topological polar surface area (TPSA) is 92.6 Å². The first-order chi connectivity index (χ1) is 19.8. The minimum absolute atomic E-state index is 0. The van der Waals surface area contributed by atoms with E-state index in [0.29, 0.717) is 45.9 Å². The smallest absolute Gasteiger partial charge is 0.253 e. The molecular formula is C30H31BrF2N6O2. The van der Waals surface area contributed by atoms with Gasteiger partial charge in [0.1, 0.15) is 5.82 Å². The molecule has 0 atom stereocenters. The van der Waals surface area contributed by atoms with E-state index in [1.807, 2.05) is 4.90 Å². The number of amides is 2. The fourth-order valence-electron chi connectivity index (χ4n) is 5.32. The number of anilines is 1. The van der Waals surface area contributed by atoms with Gasteiger partial charge in [0.25, 0.3) is 11.8 Å². The molecule has 2 amide bonds. The maximum Gasteiger partial charge on any atom is 0.253 e. The third-order valence-electron chi connectivity index (χ3n) is 7.66. The molecule has 0 aliphatic carbocycles. The van der Waals surface area contributed by atoms with Gasteiger partial charge in [-0.25, -0.2) is 13.8 Å². The van der Waals surface area contributed by atoms with E-state index < -0.39 is 11.6 Å². The Bertz CT molecular complexity index is 1470. The standard InChI is InChI=1S/C30H29BrF2N6O2.H2/c31-25-16-23(29(40)36-18-21-3-6-26(32)27(33)15-21)19-35-28(25)38-13-11-37(12-14-38)24-7-9-39(10-8-24)30(41)22-4-1-20(17-34)2-5-22;/h1-6,15-16,19,24H,7-14,18H2,(H,36,40);1H. The van der Waals surface area contributed by atoms with Crippen molar-refractivity contribution in [2.45, 2.75) is 25.4 Å². The SMILES string of the molecule is N#Cc1ccc(C(=O)N2CCC(N3CCN(c4ncc(C(=O)NCc5ccc(F)c(F)c5)cc4Br)CC3)CC2)cc1.[HH]. The summed E-state index contributed by atoms with van der Waals surface area (Å²) in [6.07, 6.45) is 3.35. The van der Waals surface area contributed by atoms with Crippen LogP contribution in [0.4, 0.5) is 14.6 Å². The number of hydrogen-bond acceptors (Lipinski definition) is 6. The van der Waals surface area contributed by atoms with Crippen molar-refractivity contribution >= 4 is 33.6 Å². The number of rotatable bonds is 6. The molecule has 41 heavy (non-hydrogen) atoms. The zero-order chi connectivity index (χ0) is 28.9. The third kappa shape index (κ3) is 6.72. The summed E-state index contributed by atoms with van der Waals surface area (Å²) in [5.74, 6) is -1.46. The van der Waals surface area contributed by atoms with Gasteiger partial charge in [-0.2, -0.15) is 5.26 Å². The minimum atomic E-state index is -0.953. The second-order valence-corrected chi connectivity index (χ2v) is 11.1. The van der Waals surface area contributed by atoms with Gasteiger partial charge in [-0.1, -0.05) is 6.07 Å². The number of nitrogens with zero attached hydrogens (tertiary/aromatic N) is 5. The van der Waals surface area contributed by atoms with Gasteiger partial charge in [-0.05, 0) is 76.8 Å². The van der Waals surface area contributed by atoms with Crippen LogP contribution in [0.2, 0.25) is 0 Å². The van der Waals surface area contributed by atoms with Crippen LogP contribution in [0.5, 0.6) is 0 Å². The Labute approximate surface area is 247 Å². The number of halogens is 3. The molecule has 5 rings (SSSR count). The van der Waals surface area contributed by atoms with Crippen molar-refractivity contribution in [2.75, 3.05) is 44.2 Å². The van der Waals surface area contributed by atoms with E-state index >= 15 is 0 Å². The van der Waals surface area contributed by atoms with E-state index in [1.54, 1.807) is 30.3 Å². The number of benzene rings is 2. The van der Waals surface area contributed by atoms with Gasteiger partial charge >= 0.3 is 0 Å². The number of nitriles is 1. The fraction of sp³-hybridized carbons (Fsp3) is 0.333. The quantitative estimate of drug-likeness (QED) is 0.431. The number of likely N-dealkylation sites (tertiary alicyclic amines) is 1. The Hall–Kier alpha value is -3.88. The van der Waals surface area contributed by atoms with E-state index in [1.165, 1.54) is 12.3 Å². The predicted octanol–water partition coefficient (Wildman–Crippen LogP) is 4.60. The highest BCUT2D eigenvalue weighted by atomic mass is 79.9. The molecule has 3 aromatic rings. The van der Waals surface area contributed by atoms with Crippen molar-refractivity contribution in [1.29, 1.82) is 5.26 Å². The van der Waals surface area contributed by atoms with E-state index in [-0.39, 0.29) is 19.8 Å². The monoisotopic (exact) mass is 624 g/mol. The van der Waals surface area contributed by atoms with Crippen LogP contribution < -0.4 is 10.2 Å². The Morgan fingerprint density at radius 1 is 0.976 bits per heavy atom. The number of piperidine rings is 1. The van der Waals surface area contributed by atoms with E-state index in [2.05, 4.69) is 42.1 Å². The summed E-state index contributed by atoms with van der Waals surface area (Å²) < 4.78 is 27.3. The summed E-state index contributed by atoms with van der Waals surface area (Å²) >= 11 is 3.56. The summed E-state index contributed by atoms with van der Waals surface area (Å²) in [6.45, 7) is 4.81. The zero-order valence-electron chi connectivity index (χ0n) is 22.3. The molecule has 0 bridgehead atoms. The normalized spacial score (nSPS) is 16.3. The van der Waals surface area contributed by atoms with Crippen LogP contribution >= 0.6 is 15.9 Å². The van der Waals surface area contributed by atoms with Crippen molar-refractivity contribution in [3.8, 4) is 6.07 Å². The molecule has 2 saturated heterocycles. The molecule has 0 radical (unpaired) electrons. The first-order valence-electron chi connectivity index (χ1n) is 13.5. The number of pyridine rings is 1. The van der Waals surface area contributed by atoms with Crippen molar-refractivity contribution < 1.29 is 19.8 Å². The average molecular weight is 626 g/mol. The number of carbonyl (C=O) groups is 2. The van der Waals surface area contributed by atoms with Crippen LogP contribution in [-0.2, 0) is 6.54 Å². The number of aromatic nitrogens is 1. The second kappa shape index (κ2) is 12.7. The molecule has 2 aliphatic heterocycles. The number of carbonyl (C=O) groups excluding carboxylic acids is 2. The van der Waals surface area contributed by atoms with E-state index in [4.69, 9.17) is 5.26 Å². The molecule has 2 aliphatic rings. The molecule has 3 heterocycles. The van der Waals surface area contributed by atoms with Crippen molar-refractivity contribution in [2.24, 2.45) is 0 Å². The van der Waals surface area contributed by atoms with Crippen LogP contribution in [0.1, 0.15) is 46.1 Å². The lowest BCUT2D eigenvalue weighted by atomic mass is 10.0. The maximum absolute atomic E-state index is 13.4. The second-order valence-electron chi connectivity index (χ2n) is 10.2. The summed E-state index contributed by atoms with van der Waals surface area (Å²) in [4.78, 5) is 36.6. The highest BCUT2D eigenvalue weighted by molar-refractivity contribution is 9.10. The first kappa shape index (κ1) is 28.6. The molecule has 2 aromatic carbocycles. The van der Waals surface area contributed by atoms with Crippen LogP contribution in [-0.4, -0.2) is 71.9 Å². The third-order valence-corrected chi connectivity index (χ3v) is 8.25. The molecule has 0 saturated carbocycles. The predicted molar refractivity (Wildman–Crippen MR) is 155 cm³/mol. The van der Waals surface area contributed by atoms with Gasteiger partial charge in [0.05, 0.1) is 21.7 Å². The molecule has 8 nitrogen and oxygen atoms in total. The van der Waals surface area contributed by atoms with Gasteiger partial charge in [0.15, 0.2) is 11.6 Å². The molecule has 0 unspecified atom stereocenters. The molecule has 214 valence electrons. The summed E-state index contributed by atoms with van der Waals surface area (Å²) in [7, 11) is 0. The average Bonchev–Trinajstić information content (AvgIpc) is 3.01. The highest BCUT2D eigenvalue weighted by Gasteiger charge is 2.30. The summed E-state index contributed by atoms with van der Waals surface area (Å²) in [5.41, 5.74) is 1.98. The van der Waals surface area contributed by atoms with Gasteiger partial charge in [0.2, 0.25) is 0 Å². The maximum atomic E-state index is 13.4. The largest absolute Gasteiger partial charge is 0.353 e. The Morgan fingerprint density at radius 3 is 2.32 bits per heavy atom. The first-order valence-corrected chi connectivity index (χ1v) is 14.3. The lowest BCUT2D eigenvalue weighted by Gasteiger charge is -2.43. The molecule has 1 aromatic heterocycles. The minimum Gasteiger partial charge on any atom is -0.353 e. The van der Waals surface area contributed by atoms with Gasteiger partial charge in [-0.15, -0.1) is 0 Å². The summed E-state index contributed by atoms with van der Waals surface area (Å²) in [5, 5.41) is 11.7. The molecular weight excluding hydrogens is 594 g/mol. The fourth-order valence-corrected chi connectivity index (χ4v) is 5.92. The molecule has 2 fully saturated rings. The van der Waals surface area contributed by atoms with Crippen molar-refractivity contribution in [3.05, 3.63) is 93.1 Å². The van der Waals surface area contributed by atoms with Crippen LogP contribution in [0, 0.1) is 23.0 Å². The zero-order valence-corrected chi connectivity index (χ0v) is 23.9. The lowest BCUT2D eigenvalue weighted by Crippen LogP contribution is -2.54. The van der Waals surface area contributed by atoms with Crippen LogP contribution in [0.15, 0.2) is 59.2 Å². The van der Waals surface area contributed by atoms with Crippen LogP contribution in [0.25, 0.3) is 0 Å². The van der Waals surface area contributed by atoms with Crippen molar-refractivity contribution in [1.82, 2.24) is 20.1 Å². The Balaban J connectivity index is 0.00000405. The summed E-state index contributed by atoms with van der Waals surface area (Å²) in [6, 6.07) is 14.5. The number of piperazine rings is 1. The van der Waals surface area contributed by atoms with Crippen LogP contribution in [0.3, 0.4) is 0 Å². The highest BCUT2D eigenvalue weighted by Crippen LogP contribution is 2.27. The number of nitrogens with one attached hydrogen (secondary N) is 1. The van der Waals surface area contributed by atoms with Gasteiger partial charge < -0.3 is 15.1 Å². The van der Waals surface area contributed by atoms with E-state index in [9.17, 15) is 18.4 Å². The Kier molecular flexibility index (Phi) is 8.90.